The predicted octanol–water partition coefficient (Wildman–Crippen LogP) is 7.70. The second-order valence-corrected chi connectivity index (χ2v) is 23.8. The number of alkyl halides is 2. The Morgan fingerprint density at radius 2 is 1.24 bits per heavy atom. The zero-order valence-corrected chi connectivity index (χ0v) is 50.3. The number of ketones is 2. The average Bonchev–Trinajstić information content (AvgIpc) is 0.766. The lowest BCUT2D eigenvalue weighted by molar-refractivity contribution is -0.134. The number of Topliss-reactive ketones (excluding diaryl/α,β-unsaturated/α-hetero) is 2. The third-order valence-corrected chi connectivity index (χ3v) is 16.5. The van der Waals surface area contributed by atoms with Crippen molar-refractivity contribution in [2.24, 2.45) is 23.3 Å². The summed E-state index contributed by atoms with van der Waals surface area (Å²) in [6.45, 7) is 3.64. The van der Waals surface area contributed by atoms with Crippen LogP contribution < -0.4 is 38.2 Å². The van der Waals surface area contributed by atoms with Crippen molar-refractivity contribution in [2.75, 3.05) is 13.1 Å². The van der Waals surface area contributed by atoms with Gasteiger partial charge < -0.3 is 57.2 Å². The number of aromatic carboxylic acids is 1. The van der Waals surface area contributed by atoms with E-state index in [0.29, 0.717) is 28.5 Å². The van der Waals surface area contributed by atoms with Gasteiger partial charge in [0.05, 0.1) is 17.6 Å². The molecule has 5 aromatic carbocycles. The molecular formula is C66H71F2N6O15P. The molecule has 1 aliphatic heterocycles. The highest BCUT2D eigenvalue weighted by atomic mass is 31.2. The van der Waals surface area contributed by atoms with Gasteiger partial charge in [-0.25, -0.2) is 4.79 Å². The van der Waals surface area contributed by atoms with E-state index in [-0.39, 0.29) is 109 Å². The fraction of sp³-hybridized carbons (Fsp3) is 0.318. The maximum Gasteiger partial charge on any atom is 0.399 e. The van der Waals surface area contributed by atoms with Crippen LogP contribution in [-0.4, -0.2) is 98.3 Å². The van der Waals surface area contributed by atoms with Crippen molar-refractivity contribution in [3.05, 3.63) is 183 Å². The van der Waals surface area contributed by atoms with E-state index in [2.05, 4.69) is 21.3 Å². The lowest BCUT2D eigenvalue weighted by atomic mass is 9.89. The van der Waals surface area contributed by atoms with Crippen LogP contribution in [0.3, 0.4) is 0 Å². The summed E-state index contributed by atoms with van der Waals surface area (Å²) in [5.41, 5.74) is 9.59. The molecule has 12 N–H and O–H groups in total. The van der Waals surface area contributed by atoms with E-state index < -0.39 is 103 Å². The molecule has 90 heavy (non-hydrogen) atoms. The Balaban J connectivity index is 0.998. The Labute approximate surface area is 516 Å². The van der Waals surface area contributed by atoms with Crippen molar-refractivity contribution >= 4 is 65.6 Å². The second kappa shape index (κ2) is 30.8. The Bertz CT molecular complexity index is 3840. The number of phenols is 1. The number of hydrogen-bond acceptors (Lipinski definition) is 13. The number of hydrogen-bond donors (Lipinski definition) is 10. The highest BCUT2D eigenvalue weighted by Crippen LogP contribution is 2.59. The zero-order valence-electron chi connectivity index (χ0n) is 49.4. The number of halogens is 2. The maximum atomic E-state index is 14.6. The Morgan fingerprint density at radius 1 is 0.656 bits per heavy atom. The number of carboxylic acids is 1. The molecule has 0 fully saturated rings. The summed E-state index contributed by atoms with van der Waals surface area (Å²) in [5.74, 6) is -8.25. The van der Waals surface area contributed by atoms with Crippen molar-refractivity contribution < 1.29 is 76.1 Å². The number of benzene rings is 6. The molecule has 0 saturated heterocycles. The summed E-state index contributed by atoms with van der Waals surface area (Å²) in [7, 11) is -5.92. The largest absolute Gasteiger partial charge is 0.508 e. The number of phenolic OH excluding ortho intramolecular Hbond substituents is 1. The molecule has 5 atom stereocenters. The van der Waals surface area contributed by atoms with E-state index >= 15 is 0 Å². The first-order valence-electron chi connectivity index (χ1n) is 29.2. The minimum Gasteiger partial charge on any atom is -0.508 e. The number of aryl methyl sites for hydroxylation is 1. The minimum absolute atomic E-state index is 0.00633. The Morgan fingerprint density at radius 3 is 1.87 bits per heavy atom. The third-order valence-electron chi connectivity index (χ3n) is 15.5. The van der Waals surface area contributed by atoms with Crippen LogP contribution in [0.1, 0.15) is 119 Å². The van der Waals surface area contributed by atoms with E-state index in [1.165, 1.54) is 55.5 Å². The molecule has 1 aliphatic carbocycles. The number of nitrogens with one attached hydrogen (secondary N) is 4. The number of rotatable bonds is 32. The van der Waals surface area contributed by atoms with Crippen LogP contribution in [0.2, 0.25) is 0 Å². The van der Waals surface area contributed by atoms with Crippen LogP contribution in [0.4, 0.5) is 8.78 Å². The van der Waals surface area contributed by atoms with Crippen molar-refractivity contribution in [3.63, 3.8) is 0 Å². The van der Waals surface area contributed by atoms with Gasteiger partial charge in [-0.1, -0.05) is 86.6 Å². The first kappa shape index (κ1) is 68.2. The van der Waals surface area contributed by atoms with Gasteiger partial charge in [0.15, 0.2) is 17.0 Å². The highest BCUT2D eigenvalue weighted by Gasteiger charge is 2.50. The SMILES string of the molecule is CCc1ccc(C(=O)NCCCCC(NC(=O)C(CC(=O)C(N)Cc2ccccc2)Cc2ccc(C(F)(F)P(=O)(O)O)cc2)C(=O)CC(C)C(=O)NC(CCCCNC(=O)c2ccc(-c3c4ccc(=O)cc-4oc4cc(O)ccc34)c(C(=O)O)c2)C(N)=O)cc1. The fourth-order valence-electron chi connectivity index (χ4n) is 10.3. The summed E-state index contributed by atoms with van der Waals surface area (Å²) in [6, 6.07) is 28.6. The normalized spacial score (nSPS) is 13.3. The minimum atomic E-state index is -5.92. The van der Waals surface area contributed by atoms with E-state index in [1.807, 2.05) is 19.1 Å². The summed E-state index contributed by atoms with van der Waals surface area (Å²) in [4.78, 5) is 139. The van der Waals surface area contributed by atoms with Crippen molar-refractivity contribution in [1.82, 2.24) is 21.3 Å². The van der Waals surface area contributed by atoms with Gasteiger partial charge >= 0.3 is 19.2 Å². The van der Waals surface area contributed by atoms with Gasteiger partial charge in [-0.05, 0) is 129 Å². The van der Waals surface area contributed by atoms with Crippen LogP contribution in [0.5, 0.6) is 5.75 Å². The highest BCUT2D eigenvalue weighted by molar-refractivity contribution is 7.52. The first-order chi connectivity index (χ1) is 42.7. The lowest BCUT2D eigenvalue weighted by Gasteiger charge is -2.24. The standard InChI is InChI=1S/C66H71F2N6O15P/c1-3-39-15-19-42(20-16-39)62(81)71-29-9-7-13-53(73-64(83)44(35-55(77)52(69)33-40-11-5-4-6-12-40)32-41-17-22-45(23-18-41)66(67,68)90(86,87)88)56(78)31-38(2)61(80)74-54(60(70)79)14-8-10-30-72-63(82)43-21-26-48(51(34-43)65(84)85)59-49-27-24-46(75)36-57(49)89-58-37-47(76)25-28-50(58)59/h4-6,11-12,15-28,34,36-38,44,52-54,75H,3,7-10,13-14,29-33,35,69H2,1-2H3,(H2,70,79)(H,71,81)(H,72,82)(H,73,83)(H,74,80)(H,84,85)(H2,86,87,88). The van der Waals surface area contributed by atoms with Crippen molar-refractivity contribution in [3.8, 4) is 28.2 Å². The second-order valence-electron chi connectivity index (χ2n) is 22.2. The number of carbonyl (C=O) groups is 8. The molecular weight excluding hydrogens is 1190 g/mol. The molecule has 0 radical (unpaired) electrons. The smallest absolute Gasteiger partial charge is 0.399 e. The van der Waals surface area contributed by atoms with Gasteiger partial charge in [-0.3, -0.25) is 42.9 Å². The number of nitrogens with two attached hydrogens (primary N) is 2. The van der Waals surface area contributed by atoms with Crippen LogP contribution >= 0.6 is 7.60 Å². The van der Waals surface area contributed by atoms with Crippen LogP contribution in [0.25, 0.3) is 33.4 Å². The molecule has 0 aromatic heterocycles. The van der Waals surface area contributed by atoms with Gasteiger partial charge in [0.1, 0.15) is 23.1 Å². The topological polar surface area (TPSA) is 365 Å². The number of primary amides is 1. The number of carboxylic acid groups (broad SMARTS) is 1. The van der Waals surface area contributed by atoms with Crippen LogP contribution in [-0.2, 0) is 53.5 Å². The summed E-state index contributed by atoms with van der Waals surface area (Å²) >= 11 is 0. The van der Waals surface area contributed by atoms with Gasteiger partial charge in [0, 0.05) is 83.1 Å². The van der Waals surface area contributed by atoms with E-state index in [4.69, 9.17) is 15.9 Å². The van der Waals surface area contributed by atoms with Gasteiger partial charge in [0.25, 0.3) is 11.8 Å². The summed E-state index contributed by atoms with van der Waals surface area (Å²) < 4.78 is 46.8. The van der Waals surface area contributed by atoms with Gasteiger partial charge in [0.2, 0.25) is 17.7 Å². The third kappa shape index (κ3) is 18.0. The summed E-state index contributed by atoms with van der Waals surface area (Å²) in [5, 5.41) is 31.9. The van der Waals surface area contributed by atoms with Crippen molar-refractivity contribution in [1.29, 1.82) is 0 Å². The van der Waals surface area contributed by atoms with Gasteiger partial charge in [-0.2, -0.15) is 8.78 Å². The van der Waals surface area contributed by atoms with Crippen molar-refractivity contribution in [2.45, 2.75) is 108 Å². The number of unbranched alkanes of at least 4 members (excludes halogenated alkanes) is 2. The molecule has 2 aliphatic rings. The Hall–Kier alpha value is -9.28. The fourth-order valence-corrected chi connectivity index (χ4v) is 10.8. The number of fused-ring (bicyclic) bond motifs is 2. The lowest BCUT2D eigenvalue weighted by Crippen LogP contribution is -2.48. The number of amides is 5. The number of aromatic hydroxyl groups is 1. The average molecular weight is 1260 g/mol. The van der Waals surface area contributed by atoms with Crippen LogP contribution in [0.15, 0.2) is 143 Å². The molecule has 5 amide bonds. The molecule has 5 unspecified atom stereocenters. The maximum absolute atomic E-state index is 14.6. The summed E-state index contributed by atoms with van der Waals surface area (Å²) in [6.07, 6.45) is 0.782. The Kier molecular flexibility index (Phi) is 23.3. The van der Waals surface area contributed by atoms with E-state index in [1.54, 1.807) is 48.5 Å². The van der Waals surface area contributed by atoms with Gasteiger partial charge in [-0.15, -0.1) is 0 Å². The monoisotopic (exact) mass is 1260 g/mol. The van der Waals surface area contributed by atoms with E-state index in [0.717, 1.165) is 41.8 Å². The molecule has 7 rings (SSSR count). The molecule has 21 nitrogen and oxygen atoms in total. The molecule has 474 valence electrons. The van der Waals surface area contributed by atoms with Crippen LogP contribution in [0, 0.1) is 11.8 Å². The first-order valence-corrected chi connectivity index (χ1v) is 30.9. The zero-order chi connectivity index (χ0) is 65.5. The molecule has 0 spiro atoms. The molecule has 0 saturated carbocycles. The quantitative estimate of drug-likeness (QED) is 0.0110. The molecule has 5 aromatic rings. The number of carbonyl (C=O) groups excluding carboxylic acids is 7. The van der Waals surface area contributed by atoms with E-state index in [9.17, 15) is 76.5 Å². The molecule has 1 heterocycles. The molecule has 24 heteroatoms. The molecule has 0 bridgehead atoms. The predicted molar refractivity (Wildman–Crippen MR) is 331 cm³/mol.